The van der Waals surface area contributed by atoms with Gasteiger partial charge in [0.05, 0.1) is 18.2 Å². The van der Waals surface area contributed by atoms with E-state index < -0.39 is 0 Å². The number of fused-ring (bicyclic) bond motifs is 1. The maximum absolute atomic E-state index is 13.3. The largest absolute Gasteiger partial charge is 0.495 e. The molecule has 5 rings (SSSR count). The highest BCUT2D eigenvalue weighted by Crippen LogP contribution is 2.30. The molecule has 3 aromatic carbocycles. The molecular formula is C32H36Cl2N4O2. The van der Waals surface area contributed by atoms with Crippen LogP contribution in [0.3, 0.4) is 0 Å². The van der Waals surface area contributed by atoms with E-state index in [2.05, 4.69) is 31.8 Å². The summed E-state index contributed by atoms with van der Waals surface area (Å²) in [6, 6.07) is 21.5. The van der Waals surface area contributed by atoms with Crippen molar-refractivity contribution in [2.24, 2.45) is 0 Å². The predicted octanol–water partition coefficient (Wildman–Crippen LogP) is 6.48. The van der Waals surface area contributed by atoms with E-state index in [4.69, 9.17) is 27.9 Å². The zero-order valence-electron chi connectivity index (χ0n) is 22.9. The molecule has 1 aromatic heterocycles. The number of amides is 1. The number of nitrogens with zero attached hydrogens (tertiary/aromatic N) is 3. The van der Waals surface area contributed by atoms with Gasteiger partial charge < -0.3 is 19.5 Å². The molecule has 1 N–H and O–H groups in total. The van der Waals surface area contributed by atoms with Gasteiger partial charge >= 0.3 is 0 Å². The highest BCUT2D eigenvalue weighted by Gasteiger charge is 2.19. The van der Waals surface area contributed by atoms with Crippen molar-refractivity contribution in [3.05, 3.63) is 99.7 Å². The molecule has 0 radical (unpaired) electrons. The number of ether oxygens (including phenoxy) is 1. The van der Waals surface area contributed by atoms with E-state index >= 15 is 0 Å². The van der Waals surface area contributed by atoms with E-state index in [1.807, 2.05) is 60.8 Å². The van der Waals surface area contributed by atoms with Gasteiger partial charge in [0.25, 0.3) is 5.91 Å². The standard InChI is InChI=1S/C32H36Cl2N4O2/c1-40-30-13-5-11-27-28(32(39)35-21-24-8-4-10-26(33)20-24)23-38(31(27)30)17-7-15-36-14-6-16-37(19-18-36)22-25-9-2-3-12-29(25)34/h2-5,8-13,20,23H,6-7,14-19,21-22H2,1H3,(H,35,39). The van der Waals surface area contributed by atoms with Gasteiger partial charge in [-0.2, -0.15) is 0 Å². The third kappa shape index (κ3) is 6.99. The topological polar surface area (TPSA) is 49.7 Å². The van der Waals surface area contributed by atoms with Crippen LogP contribution in [0.25, 0.3) is 10.9 Å². The first kappa shape index (κ1) is 28.5. The Balaban J connectivity index is 1.21. The number of para-hydroxylation sites is 1. The Bertz CT molecular complexity index is 1450. The third-order valence-electron chi connectivity index (χ3n) is 7.57. The number of aromatic nitrogens is 1. The molecule has 0 saturated carbocycles. The van der Waals surface area contributed by atoms with Crippen molar-refractivity contribution in [3.63, 3.8) is 0 Å². The highest BCUT2D eigenvalue weighted by atomic mass is 35.5. The van der Waals surface area contributed by atoms with Gasteiger partial charge in [-0.05, 0) is 67.9 Å². The van der Waals surface area contributed by atoms with Crippen molar-refractivity contribution in [2.45, 2.75) is 32.5 Å². The minimum absolute atomic E-state index is 0.108. The van der Waals surface area contributed by atoms with Crippen LogP contribution in [-0.2, 0) is 19.6 Å². The maximum Gasteiger partial charge on any atom is 0.253 e. The molecule has 4 aromatic rings. The van der Waals surface area contributed by atoms with Crippen molar-refractivity contribution in [2.75, 3.05) is 39.8 Å². The van der Waals surface area contributed by atoms with Gasteiger partial charge in [-0.1, -0.05) is 65.7 Å². The number of benzene rings is 3. The number of aryl methyl sites for hydroxylation is 1. The summed E-state index contributed by atoms with van der Waals surface area (Å²) in [6.45, 7) is 7.35. The van der Waals surface area contributed by atoms with E-state index in [1.54, 1.807) is 7.11 Å². The average Bonchev–Trinajstić information content (AvgIpc) is 3.19. The lowest BCUT2D eigenvalue weighted by atomic mass is 10.1. The number of hydrogen-bond donors (Lipinski definition) is 1. The second kappa shape index (κ2) is 13.6. The summed E-state index contributed by atoms with van der Waals surface area (Å²) in [5.74, 6) is 0.666. The Kier molecular flexibility index (Phi) is 9.66. The molecule has 210 valence electrons. The second-order valence-electron chi connectivity index (χ2n) is 10.3. The zero-order valence-corrected chi connectivity index (χ0v) is 24.4. The third-order valence-corrected chi connectivity index (χ3v) is 8.18. The van der Waals surface area contributed by atoms with Gasteiger partial charge in [0.1, 0.15) is 5.75 Å². The van der Waals surface area contributed by atoms with Crippen LogP contribution in [-0.4, -0.2) is 60.1 Å². The van der Waals surface area contributed by atoms with Crippen LogP contribution in [0.2, 0.25) is 10.0 Å². The Morgan fingerprint density at radius 1 is 0.925 bits per heavy atom. The van der Waals surface area contributed by atoms with Crippen molar-refractivity contribution < 1.29 is 9.53 Å². The number of methoxy groups -OCH3 is 1. The van der Waals surface area contributed by atoms with Gasteiger partial charge in [-0.3, -0.25) is 9.69 Å². The van der Waals surface area contributed by atoms with E-state index in [-0.39, 0.29) is 5.91 Å². The molecule has 1 aliphatic rings. The maximum atomic E-state index is 13.3. The fourth-order valence-corrected chi connectivity index (χ4v) is 5.92. The number of nitrogens with one attached hydrogen (secondary N) is 1. The molecule has 2 heterocycles. The monoisotopic (exact) mass is 578 g/mol. The lowest BCUT2D eigenvalue weighted by molar-refractivity contribution is 0.0952. The molecule has 0 bridgehead atoms. The fraction of sp³-hybridized carbons (Fsp3) is 0.344. The van der Waals surface area contributed by atoms with Crippen LogP contribution in [0.15, 0.2) is 72.9 Å². The number of carbonyl (C=O) groups is 1. The minimum atomic E-state index is -0.108. The summed E-state index contributed by atoms with van der Waals surface area (Å²) in [4.78, 5) is 18.3. The molecule has 0 unspecified atom stereocenters. The fourth-order valence-electron chi connectivity index (χ4n) is 5.51. The molecule has 0 atom stereocenters. The smallest absolute Gasteiger partial charge is 0.253 e. The molecule has 40 heavy (non-hydrogen) atoms. The molecule has 1 amide bonds. The van der Waals surface area contributed by atoms with Crippen LogP contribution in [0.5, 0.6) is 5.75 Å². The summed E-state index contributed by atoms with van der Waals surface area (Å²) in [5, 5.41) is 5.45. The lowest BCUT2D eigenvalue weighted by Crippen LogP contribution is -2.31. The molecule has 8 heteroatoms. The first-order valence-corrected chi connectivity index (χ1v) is 14.6. The van der Waals surface area contributed by atoms with Gasteiger partial charge in [0.15, 0.2) is 0 Å². The molecule has 1 fully saturated rings. The summed E-state index contributed by atoms with van der Waals surface area (Å²) in [5.41, 5.74) is 3.77. The van der Waals surface area contributed by atoms with Crippen LogP contribution < -0.4 is 10.1 Å². The molecule has 1 saturated heterocycles. The summed E-state index contributed by atoms with van der Waals surface area (Å²) < 4.78 is 7.86. The van der Waals surface area contributed by atoms with E-state index in [0.717, 1.165) is 85.9 Å². The van der Waals surface area contributed by atoms with E-state index in [9.17, 15) is 4.79 Å². The Hall–Kier alpha value is -3.03. The van der Waals surface area contributed by atoms with Crippen molar-refractivity contribution in [1.82, 2.24) is 19.7 Å². The molecule has 0 aliphatic carbocycles. The summed E-state index contributed by atoms with van der Waals surface area (Å²) >= 11 is 12.5. The van der Waals surface area contributed by atoms with Gasteiger partial charge in [0.2, 0.25) is 0 Å². The van der Waals surface area contributed by atoms with E-state index in [0.29, 0.717) is 17.1 Å². The quantitative estimate of drug-likeness (QED) is 0.234. The predicted molar refractivity (Wildman–Crippen MR) is 164 cm³/mol. The van der Waals surface area contributed by atoms with Crippen LogP contribution in [0, 0.1) is 0 Å². The Morgan fingerprint density at radius 3 is 2.55 bits per heavy atom. The molecule has 0 spiro atoms. The van der Waals surface area contributed by atoms with Crippen molar-refractivity contribution >= 4 is 40.0 Å². The minimum Gasteiger partial charge on any atom is -0.495 e. The van der Waals surface area contributed by atoms with Gasteiger partial charge in [-0.15, -0.1) is 0 Å². The lowest BCUT2D eigenvalue weighted by Gasteiger charge is -2.22. The number of rotatable bonds is 10. The number of hydrogen-bond acceptors (Lipinski definition) is 4. The van der Waals surface area contributed by atoms with Crippen molar-refractivity contribution in [3.8, 4) is 5.75 Å². The summed E-state index contributed by atoms with van der Waals surface area (Å²) in [6.07, 6.45) is 4.09. The first-order valence-electron chi connectivity index (χ1n) is 13.9. The average molecular weight is 580 g/mol. The van der Waals surface area contributed by atoms with Crippen LogP contribution >= 0.6 is 23.2 Å². The summed E-state index contributed by atoms with van der Waals surface area (Å²) in [7, 11) is 1.68. The highest BCUT2D eigenvalue weighted by molar-refractivity contribution is 6.31. The van der Waals surface area contributed by atoms with Crippen molar-refractivity contribution in [1.29, 1.82) is 0 Å². The Morgan fingerprint density at radius 2 is 1.73 bits per heavy atom. The van der Waals surface area contributed by atoms with Gasteiger partial charge in [-0.25, -0.2) is 0 Å². The molecule has 1 aliphatic heterocycles. The SMILES string of the molecule is COc1cccc2c(C(=O)NCc3cccc(Cl)c3)cn(CCCN3CCCN(Cc4ccccc4Cl)CC3)c12. The number of halogens is 2. The molecular weight excluding hydrogens is 543 g/mol. The second-order valence-corrected chi connectivity index (χ2v) is 11.2. The van der Waals surface area contributed by atoms with E-state index in [1.165, 1.54) is 5.56 Å². The van der Waals surface area contributed by atoms with Crippen LogP contribution in [0.4, 0.5) is 0 Å². The Labute approximate surface area is 246 Å². The van der Waals surface area contributed by atoms with Gasteiger partial charge in [0, 0.05) is 54.4 Å². The van der Waals surface area contributed by atoms with Crippen LogP contribution in [0.1, 0.15) is 34.3 Å². The number of carbonyl (C=O) groups excluding carboxylic acids is 1. The first-order chi connectivity index (χ1) is 19.5. The molecule has 6 nitrogen and oxygen atoms in total. The zero-order chi connectivity index (χ0) is 27.9. The normalized spacial score (nSPS) is 14.8.